The largest absolute Gasteiger partial charge is 0.328 e. The molecular weight excluding hydrogens is 376 g/mol. The zero-order valence-electron chi connectivity index (χ0n) is 17.6. The van der Waals surface area contributed by atoms with E-state index in [1.54, 1.807) is 6.20 Å². The molecule has 154 valence electrons. The lowest BCUT2D eigenvalue weighted by Crippen LogP contribution is -2.14. The summed E-state index contributed by atoms with van der Waals surface area (Å²) in [5.74, 6) is 0.984. The maximum absolute atomic E-state index is 13.0. The van der Waals surface area contributed by atoms with E-state index in [2.05, 4.69) is 39.9 Å². The van der Waals surface area contributed by atoms with Crippen LogP contribution in [0.4, 0.5) is 5.69 Å². The lowest BCUT2D eigenvalue weighted by molar-refractivity contribution is 0.102. The molecule has 0 bridgehead atoms. The summed E-state index contributed by atoms with van der Waals surface area (Å²) in [6, 6.07) is 8.07. The monoisotopic (exact) mass is 402 g/mol. The van der Waals surface area contributed by atoms with Gasteiger partial charge in [-0.05, 0) is 57.9 Å². The molecule has 0 spiro atoms. The molecule has 0 atom stereocenters. The van der Waals surface area contributed by atoms with Crippen molar-refractivity contribution in [2.24, 2.45) is 0 Å². The number of hydrogen-bond acceptors (Lipinski definition) is 4. The molecule has 30 heavy (non-hydrogen) atoms. The van der Waals surface area contributed by atoms with E-state index in [-0.39, 0.29) is 11.9 Å². The van der Waals surface area contributed by atoms with Crippen molar-refractivity contribution in [3.63, 3.8) is 0 Å². The fraction of sp³-hybridized carbons (Fsp3) is 0.391. The van der Waals surface area contributed by atoms with E-state index in [1.807, 2.05) is 29.8 Å². The minimum absolute atomic E-state index is 0.167. The van der Waals surface area contributed by atoms with Crippen LogP contribution in [0.3, 0.4) is 0 Å². The van der Waals surface area contributed by atoms with Crippen molar-refractivity contribution in [2.45, 2.75) is 59.0 Å². The molecule has 1 aromatic carbocycles. The number of amides is 1. The van der Waals surface area contributed by atoms with E-state index in [4.69, 9.17) is 4.98 Å². The Balaban J connectivity index is 1.45. The summed E-state index contributed by atoms with van der Waals surface area (Å²) in [7, 11) is 0. The number of pyridine rings is 1. The number of rotatable bonds is 3. The Morgan fingerprint density at radius 2 is 2.00 bits per heavy atom. The summed E-state index contributed by atoms with van der Waals surface area (Å²) >= 11 is 0. The maximum Gasteiger partial charge on any atom is 0.257 e. The van der Waals surface area contributed by atoms with Gasteiger partial charge < -0.3 is 9.88 Å². The lowest BCUT2D eigenvalue weighted by atomic mass is 10.1. The van der Waals surface area contributed by atoms with Crippen molar-refractivity contribution >= 4 is 33.7 Å². The van der Waals surface area contributed by atoms with Crippen molar-refractivity contribution in [1.29, 1.82) is 0 Å². The van der Waals surface area contributed by atoms with Gasteiger partial charge in [0.2, 0.25) is 0 Å². The van der Waals surface area contributed by atoms with Crippen molar-refractivity contribution in [2.75, 3.05) is 5.32 Å². The molecule has 1 amide bonds. The van der Waals surface area contributed by atoms with Crippen LogP contribution >= 0.6 is 0 Å². The highest BCUT2D eigenvalue weighted by atomic mass is 16.1. The number of carbonyl (C=O) groups excluding carboxylic acids is 1. The second kappa shape index (κ2) is 7.23. The quantitative estimate of drug-likeness (QED) is 0.541. The number of benzene rings is 1. The van der Waals surface area contributed by atoms with Crippen LogP contribution in [0.1, 0.15) is 61.0 Å². The van der Waals surface area contributed by atoms with Crippen molar-refractivity contribution in [3.05, 3.63) is 47.5 Å². The Morgan fingerprint density at radius 1 is 1.13 bits per heavy atom. The van der Waals surface area contributed by atoms with Crippen molar-refractivity contribution in [1.82, 2.24) is 24.3 Å². The number of imidazole rings is 1. The van der Waals surface area contributed by atoms with E-state index < -0.39 is 0 Å². The molecule has 3 aromatic heterocycles. The number of aromatic nitrogens is 5. The van der Waals surface area contributed by atoms with Gasteiger partial charge in [0.05, 0.1) is 28.5 Å². The third-order valence-corrected chi connectivity index (χ3v) is 5.86. The molecule has 1 aliphatic rings. The van der Waals surface area contributed by atoms with Gasteiger partial charge in [0.25, 0.3) is 5.91 Å². The van der Waals surface area contributed by atoms with Crippen LogP contribution in [-0.2, 0) is 13.0 Å². The molecule has 7 nitrogen and oxygen atoms in total. The van der Waals surface area contributed by atoms with Crippen molar-refractivity contribution < 1.29 is 4.79 Å². The average molecular weight is 403 g/mol. The van der Waals surface area contributed by atoms with Crippen LogP contribution in [0.15, 0.2) is 30.5 Å². The number of nitrogens with zero attached hydrogens (tertiary/aromatic N) is 5. The molecule has 0 aliphatic carbocycles. The Bertz CT molecular complexity index is 1270. The van der Waals surface area contributed by atoms with E-state index in [0.717, 1.165) is 46.5 Å². The van der Waals surface area contributed by atoms with Crippen LogP contribution in [0.5, 0.6) is 0 Å². The molecule has 4 aromatic rings. The zero-order valence-corrected chi connectivity index (χ0v) is 17.6. The molecule has 7 heteroatoms. The summed E-state index contributed by atoms with van der Waals surface area (Å²) in [5, 5.41) is 8.30. The van der Waals surface area contributed by atoms with Gasteiger partial charge in [-0.3, -0.25) is 4.79 Å². The predicted molar refractivity (Wildman–Crippen MR) is 118 cm³/mol. The maximum atomic E-state index is 13.0. The molecule has 0 saturated carbocycles. The Kier molecular flexibility index (Phi) is 4.53. The molecule has 1 aliphatic heterocycles. The van der Waals surface area contributed by atoms with Gasteiger partial charge >= 0.3 is 0 Å². The smallest absolute Gasteiger partial charge is 0.257 e. The number of anilines is 1. The number of aryl methyl sites for hydroxylation is 3. The Hall–Kier alpha value is -3.22. The Labute approximate surface area is 175 Å². The highest BCUT2D eigenvalue weighted by Gasteiger charge is 2.17. The summed E-state index contributed by atoms with van der Waals surface area (Å²) in [6.07, 6.45) is 6.43. The second-order valence-electron chi connectivity index (χ2n) is 8.37. The number of carbonyl (C=O) groups is 1. The van der Waals surface area contributed by atoms with Crippen LogP contribution in [0, 0.1) is 6.92 Å². The molecule has 4 heterocycles. The van der Waals surface area contributed by atoms with E-state index in [9.17, 15) is 4.79 Å². The molecule has 1 N–H and O–H groups in total. The van der Waals surface area contributed by atoms with E-state index in [1.165, 1.54) is 19.3 Å². The Morgan fingerprint density at radius 3 is 2.83 bits per heavy atom. The van der Waals surface area contributed by atoms with E-state index in [0.29, 0.717) is 11.3 Å². The third-order valence-electron chi connectivity index (χ3n) is 5.86. The first-order valence-corrected chi connectivity index (χ1v) is 10.7. The predicted octanol–water partition coefficient (Wildman–Crippen LogP) is 4.65. The number of nitrogens with one attached hydrogen (secondary N) is 1. The summed E-state index contributed by atoms with van der Waals surface area (Å²) in [4.78, 5) is 22.5. The molecule has 0 unspecified atom stereocenters. The van der Waals surface area contributed by atoms with Gasteiger partial charge in [-0.1, -0.05) is 6.42 Å². The average Bonchev–Trinajstić information content (AvgIpc) is 3.19. The van der Waals surface area contributed by atoms with Crippen LogP contribution in [0.2, 0.25) is 0 Å². The normalized spacial score (nSPS) is 14.3. The zero-order chi connectivity index (χ0) is 20.8. The van der Waals surface area contributed by atoms with Crippen molar-refractivity contribution in [3.8, 4) is 0 Å². The first-order chi connectivity index (χ1) is 14.5. The molecule has 5 rings (SSSR count). The van der Waals surface area contributed by atoms with Gasteiger partial charge in [-0.2, -0.15) is 5.10 Å². The highest BCUT2D eigenvalue weighted by Crippen LogP contribution is 2.25. The minimum atomic E-state index is -0.167. The summed E-state index contributed by atoms with van der Waals surface area (Å²) < 4.78 is 4.20. The van der Waals surface area contributed by atoms with Crippen LogP contribution in [0.25, 0.3) is 22.1 Å². The standard InChI is InChI=1S/C23H26N6O/c1-14(2)29-22-16(13-24-29)11-18(15(3)25-22)23(30)26-17-8-9-20-19(12-17)27-21-7-5-4-6-10-28(20)21/h8-9,11-14H,4-7,10H2,1-3H3,(H,26,30). The van der Waals surface area contributed by atoms with Gasteiger partial charge in [-0.15, -0.1) is 0 Å². The van der Waals surface area contributed by atoms with E-state index >= 15 is 0 Å². The van der Waals surface area contributed by atoms with Crippen LogP contribution in [-0.4, -0.2) is 30.2 Å². The summed E-state index contributed by atoms with van der Waals surface area (Å²) in [5.41, 5.74) is 4.89. The number of hydrogen-bond donors (Lipinski definition) is 1. The fourth-order valence-electron chi connectivity index (χ4n) is 4.30. The minimum Gasteiger partial charge on any atom is -0.328 e. The molecule has 0 saturated heterocycles. The lowest BCUT2D eigenvalue weighted by Gasteiger charge is -2.10. The topological polar surface area (TPSA) is 77.6 Å². The molecule has 0 radical (unpaired) electrons. The van der Waals surface area contributed by atoms with Gasteiger partial charge in [-0.25, -0.2) is 14.6 Å². The SMILES string of the molecule is Cc1nc2c(cnn2C(C)C)cc1C(=O)Nc1ccc2c(c1)nc1n2CCCCC1. The number of fused-ring (bicyclic) bond motifs is 4. The first kappa shape index (κ1) is 18.8. The van der Waals surface area contributed by atoms with Gasteiger partial charge in [0.1, 0.15) is 5.82 Å². The molecular formula is C23H26N6O. The first-order valence-electron chi connectivity index (χ1n) is 10.7. The second-order valence-corrected chi connectivity index (χ2v) is 8.37. The fourth-order valence-corrected chi connectivity index (χ4v) is 4.30. The molecule has 0 fully saturated rings. The third kappa shape index (κ3) is 3.14. The van der Waals surface area contributed by atoms with Gasteiger partial charge in [0.15, 0.2) is 5.65 Å². The van der Waals surface area contributed by atoms with Crippen LogP contribution < -0.4 is 5.32 Å². The van der Waals surface area contributed by atoms with Gasteiger partial charge in [0, 0.05) is 30.1 Å². The highest BCUT2D eigenvalue weighted by molar-refractivity contribution is 6.07. The summed E-state index contributed by atoms with van der Waals surface area (Å²) in [6.45, 7) is 7.01.